The summed E-state index contributed by atoms with van der Waals surface area (Å²) in [7, 11) is 3.57. The Kier molecular flexibility index (Phi) is 8.39. The number of rotatable bonds is 11. The third-order valence-corrected chi connectivity index (χ3v) is 6.37. The van der Waals surface area contributed by atoms with E-state index in [1.807, 2.05) is 47.3 Å². The summed E-state index contributed by atoms with van der Waals surface area (Å²) < 4.78 is 0. The van der Waals surface area contributed by atoms with Crippen LogP contribution in [0.2, 0.25) is 0 Å². The van der Waals surface area contributed by atoms with Gasteiger partial charge in [-0.1, -0.05) is 29.7 Å². The summed E-state index contributed by atoms with van der Waals surface area (Å²) in [4.78, 5) is 20.5. The van der Waals surface area contributed by atoms with Crippen LogP contribution in [0, 0.1) is 0 Å². The minimum Gasteiger partial charge on any atom is -0.351 e. The molecular formula is C20H23N5OS2. The van der Waals surface area contributed by atoms with Gasteiger partial charge in [0.25, 0.3) is 5.91 Å². The summed E-state index contributed by atoms with van der Waals surface area (Å²) in [6.45, 7) is 0.679. The van der Waals surface area contributed by atoms with Gasteiger partial charge in [0.15, 0.2) is 0 Å². The van der Waals surface area contributed by atoms with E-state index in [1.54, 1.807) is 29.3 Å². The number of pyridine rings is 2. The lowest BCUT2D eigenvalue weighted by Crippen LogP contribution is -2.24. The Morgan fingerprint density at radius 2 is 1.89 bits per heavy atom. The first-order chi connectivity index (χ1) is 13.8. The van der Waals surface area contributed by atoms with Gasteiger partial charge in [-0.05, 0) is 54.0 Å². The molecule has 0 atom stereocenters. The van der Waals surface area contributed by atoms with Crippen molar-refractivity contribution in [2.45, 2.75) is 30.7 Å². The van der Waals surface area contributed by atoms with Gasteiger partial charge in [0.05, 0.1) is 5.69 Å². The van der Waals surface area contributed by atoms with E-state index in [4.69, 9.17) is 0 Å². The molecule has 28 heavy (non-hydrogen) atoms. The van der Waals surface area contributed by atoms with Crippen LogP contribution >= 0.6 is 21.6 Å². The maximum absolute atomic E-state index is 12.2. The fourth-order valence-electron chi connectivity index (χ4n) is 2.54. The van der Waals surface area contributed by atoms with E-state index in [0.29, 0.717) is 12.2 Å². The Bertz CT molecular complexity index is 842. The molecule has 0 saturated heterocycles. The molecule has 0 unspecified atom stereocenters. The van der Waals surface area contributed by atoms with Crippen molar-refractivity contribution in [2.75, 3.05) is 12.3 Å². The minimum atomic E-state index is -0.116. The number of aromatic amines is 1. The summed E-state index contributed by atoms with van der Waals surface area (Å²) >= 11 is 0. The van der Waals surface area contributed by atoms with Gasteiger partial charge in [-0.25, -0.2) is 4.98 Å². The highest BCUT2D eigenvalue weighted by Gasteiger charge is 2.10. The van der Waals surface area contributed by atoms with Crippen LogP contribution in [0.5, 0.6) is 0 Å². The Morgan fingerprint density at radius 3 is 2.71 bits per heavy atom. The van der Waals surface area contributed by atoms with E-state index in [0.717, 1.165) is 34.9 Å². The molecule has 146 valence electrons. The first-order valence-electron chi connectivity index (χ1n) is 9.27. The third kappa shape index (κ3) is 6.69. The second kappa shape index (κ2) is 11.5. The number of amides is 1. The summed E-state index contributed by atoms with van der Waals surface area (Å²) in [5.74, 6) is 0.995. The van der Waals surface area contributed by atoms with E-state index in [2.05, 4.69) is 25.5 Å². The Labute approximate surface area is 172 Å². The number of H-pyrrole nitrogens is 1. The molecule has 0 aliphatic rings. The molecule has 0 spiro atoms. The van der Waals surface area contributed by atoms with Crippen LogP contribution in [0.15, 0.2) is 60.0 Å². The molecule has 0 bridgehead atoms. The molecule has 1 amide bonds. The van der Waals surface area contributed by atoms with Crippen LogP contribution in [-0.4, -0.2) is 38.4 Å². The van der Waals surface area contributed by atoms with Crippen LogP contribution in [0.4, 0.5) is 0 Å². The highest BCUT2D eigenvalue weighted by atomic mass is 33.1. The molecular weight excluding hydrogens is 390 g/mol. The quantitative estimate of drug-likeness (QED) is 0.353. The minimum absolute atomic E-state index is 0.116. The van der Waals surface area contributed by atoms with Crippen LogP contribution in [-0.2, 0) is 0 Å². The molecule has 0 fully saturated rings. The van der Waals surface area contributed by atoms with Crippen molar-refractivity contribution in [3.8, 4) is 11.3 Å². The Morgan fingerprint density at radius 1 is 1.04 bits per heavy atom. The zero-order valence-electron chi connectivity index (χ0n) is 15.5. The van der Waals surface area contributed by atoms with Gasteiger partial charge >= 0.3 is 0 Å². The molecule has 6 nitrogen and oxygen atoms in total. The normalized spacial score (nSPS) is 10.7. The molecule has 2 N–H and O–H groups in total. The van der Waals surface area contributed by atoms with E-state index in [-0.39, 0.29) is 5.91 Å². The van der Waals surface area contributed by atoms with Gasteiger partial charge in [-0.3, -0.25) is 14.9 Å². The molecule has 0 aliphatic heterocycles. The van der Waals surface area contributed by atoms with Gasteiger partial charge in [0, 0.05) is 36.5 Å². The number of carbonyl (C=O) groups excluding carboxylic acids is 1. The number of hydrogen-bond donors (Lipinski definition) is 2. The topological polar surface area (TPSA) is 83.6 Å². The molecule has 8 heteroatoms. The van der Waals surface area contributed by atoms with E-state index in [1.165, 1.54) is 12.8 Å². The van der Waals surface area contributed by atoms with Crippen molar-refractivity contribution in [2.24, 2.45) is 0 Å². The summed E-state index contributed by atoms with van der Waals surface area (Å²) in [6, 6.07) is 11.5. The van der Waals surface area contributed by atoms with E-state index < -0.39 is 0 Å². The number of hydrogen-bond acceptors (Lipinski definition) is 6. The summed E-state index contributed by atoms with van der Waals surface area (Å²) in [5.41, 5.74) is 2.16. The zero-order valence-corrected chi connectivity index (χ0v) is 17.1. The van der Waals surface area contributed by atoms with Crippen molar-refractivity contribution >= 4 is 27.5 Å². The fraction of sp³-hybridized carbons (Fsp3) is 0.300. The van der Waals surface area contributed by atoms with Crippen LogP contribution in [0.25, 0.3) is 11.3 Å². The maximum Gasteiger partial charge on any atom is 0.269 e. The van der Waals surface area contributed by atoms with Crippen LogP contribution in [0.3, 0.4) is 0 Å². The predicted octanol–water partition coefficient (Wildman–Crippen LogP) is 4.60. The molecule has 0 aliphatic carbocycles. The highest BCUT2D eigenvalue weighted by Crippen LogP contribution is 2.29. The molecule has 3 rings (SSSR count). The number of unbranched alkanes of at least 4 members (excludes halogenated alkanes) is 3. The van der Waals surface area contributed by atoms with Gasteiger partial charge < -0.3 is 5.32 Å². The number of aromatic nitrogens is 4. The maximum atomic E-state index is 12.2. The van der Waals surface area contributed by atoms with Crippen LogP contribution in [0.1, 0.15) is 36.2 Å². The number of nitrogens with one attached hydrogen (secondary N) is 2. The van der Waals surface area contributed by atoms with Crippen molar-refractivity contribution in [1.82, 2.24) is 25.5 Å². The van der Waals surface area contributed by atoms with Gasteiger partial charge in [0.1, 0.15) is 10.7 Å². The first-order valence-corrected chi connectivity index (χ1v) is 11.6. The molecule has 3 heterocycles. The Balaban J connectivity index is 1.24. The average molecular weight is 414 g/mol. The van der Waals surface area contributed by atoms with Crippen molar-refractivity contribution < 1.29 is 4.79 Å². The van der Waals surface area contributed by atoms with E-state index >= 15 is 0 Å². The van der Waals surface area contributed by atoms with Crippen molar-refractivity contribution in [1.29, 1.82) is 0 Å². The SMILES string of the molecule is O=C(NCCCCCCSSc1ccccn1)c1cc(-c2ccncc2)n[nH]1. The average Bonchev–Trinajstić information content (AvgIpc) is 3.24. The second-order valence-electron chi connectivity index (χ2n) is 6.15. The lowest BCUT2D eigenvalue weighted by atomic mass is 10.2. The molecule has 0 aromatic carbocycles. The number of carbonyl (C=O) groups is 1. The number of nitrogens with zero attached hydrogens (tertiary/aromatic N) is 3. The second-order valence-corrected chi connectivity index (χ2v) is 8.58. The lowest BCUT2D eigenvalue weighted by Gasteiger charge is -2.04. The highest BCUT2D eigenvalue weighted by molar-refractivity contribution is 8.76. The zero-order chi connectivity index (χ0) is 19.4. The van der Waals surface area contributed by atoms with Gasteiger partial charge in [-0.15, -0.1) is 0 Å². The van der Waals surface area contributed by atoms with Crippen molar-refractivity contribution in [3.05, 3.63) is 60.7 Å². The summed E-state index contributed by atoms with van der Waals surface area (Å²) in [6.07, 6.45) is 9.67. The standard InChI is InChI=1S/C20H23N5OS2/c26-20(18-15-17(24-25-18)16-8-12-21-13-9-16)23-11-4-1-2-6-14-27-28-19-7-3-5-10-22-19/h3,5,7-10,12-13,15H,1-2,4,6,11,14H2,(H,23,26)(H,24,25). The first kappa shape index (κ1) is 20.4. The van der Waals surface area contributed by atoms with E-state index in [9.17, 15) is 4.79 Å². The third-order valence-electron chi connectivity index (χ3n) is 4.02. The largest absolute Gasteiger partial charge is 0.351 e. The van der Waals surface area contributed by atoms with Crippen molar-refractivity contribution in [3.63, 3.8) is 0 Å². The molecule has 3 aromatic heterocycles. The fourth-order valence-corrected chi connectivity index (χ4v) is 4.57. The smallest absolute Gasteiger partial charge is 0.269 e. The monoisotopic (exact) mass is 413 g/mol. The molecule has 3 aromatic rings. The Hall–Kier alpha value is -2.32. The van der Waals surface area contributed by atoms with Gasteiger partial charge in [-0.2, -0.15) is 5.10 Å². The lowest BCUT2D eigenvalue weighted by molar-refractivity contribution is 0.0948. The molecule has 0 radical (unpaired) electrons. The van der Waals surface area contributed by atoms with Gasteiger partial charge in [0.2, 0.25) is 0 Å². The van der Waals surface area contributed by atoms with Crippen LogP contribution < -0.4 is 5.32 Å². The summed E-state index contributed by atoms with van der Waals surface area (Å²) in [5, 5.41) is 11.0. The molecule has 0 saturated carbocycles. The predicted molar refractivity (Wildman–Crippen MR) is 115 cm³/mol.